The summed E-state index contributed by atoms with van der Waals surface area (Å²) in [4.78, 5) is 0. The molecular formula is C14H19N3O2. The van der Waals surface area contributed by atoms with E-state index in [0.717, 1.165) is 11.1 Å². The van der Waals surface area contributed by atoms with Crippen molar-refractivity contribution in [2.75, 3.05) is 20.0 Å². The van der Waals surface area contributed by atoms with E-state index in [1.54, 1.807) is 25.1 Å². The maximum absolute atomic E-state index is 6.01. The Morgan fingerprint density at radius 1 is 1.21 bits per heavy atom. The van der Waals surface area contributed by atoms with Crippen molar-refractivity contribution < 1.29 is 9.47 Å². The van der Waals surface area contributed by atoms with Crippen molar-refractivity contribution in [2.24, 2.45) is 0 Å². The molecule has 0 saturated heterocycles. The van der Waals surface area contributed by atoms with Crippen molar-refractivity contribution in [3.05, 3.63) is 35.5 Å². The van der Waals surface area contributed by atoms with E-state index in [4.69, 9.17) is 15.2 Å². The fraction of sp³-hybridized carbons (Fsp3) is 0.357. The minimum absolute atomic E-state index is 0.0357. The van der Waals surface area contributed by atoms with Crippen LogP contribution in [0.2, 0.25) is 0 Å². The van der Waals surface area contributed by atoms with Crippen molar-refractivity contribution in [1.82, 2.24) is 9.78 Å². The molecular weight excluding hydrogens is 242 g/mol. The highest BCUT2D eigenvalue weighted by Crippen LogP contribution is 2.31. The number of methoxy groups -OCH3 is 2. The molecule has 19 heavy (non-hydrogen) atoms. The number of anilines is 1. The lowest BCUT2D eigenvalue weighted by molar-refractivity contribution is 0.354. The second-order valence-corrected chi connectivity index (χ2v) is 4.45. The van der Waals surface area contributed by atoms with Gasteiger partial charge in [0.05, 0.1) is 26.5 Å². The zero-order chi connectivity index (χ0) is 14.0. The number of nitrogen functional groups attached to an aromatic ring is 1. The third-order valence-electron chi connectivity index (χ3n) is 3.28. The first-order chi connectivity index (χ1) is 9.08. The highest BCUT2D eigenvalue weighted by Gasteiger charge is 2.15. The second-order valence-electron chi connectivity index (χ2n) is 4.45. The monoisotopic (exact) mass is 261 g/mol. The van der Waals surface area contributed by atoms with Crippen molar-refractivity contribution in [3.8, 4) is 11.5 Å². The Kier molecular flexibility index (Phi) is 3.64. The van der Waals surface area contributed by atoms with Crippen molar-refractivity contribution in [2.45, 2.75) is 19.9 Å². The summed E-state index contributed by atoms with van der Waals surface area (Å²) in [7, 11) is 3.24. The van der Waals surface area contributed by atoms with Gasteiger partial charge in [0, 0.05) is 5.56 Å². The molecule has 0 saturated carbocycles. The van der Waals surface area contributed by atoms with Crippen LogP contribution in [-0.4, -0.2) is 24.0 Å². The number of hydrogen-bond donors (Lipinski definition) is 1. The Bertz CT molecular complexity index is 578. The Labute approximate surface area is 112 Å². The van der Waals surface area contributed by atoms with Crippen LogP contribution in [-0.2, 0) is 0 Å². The average molecular weight is 261 g/mol. The van der Waals surface area contributed by atoms with Gasteiger partial charge in [-0.2, -0.15) is 5.10 Å². The largest absolute Gasteiger partial charge is 0.493 e. The van der Waals surface area contributed by atoms with Crippen LogP contribution in [0.3, 0.4) is 0 Å². The van der Waals surface area contributed by atoms with Gasteiger partial charge in [-0.25, -0.2) is 4.68 Å². The van der Waals surface area contributed by atoms with Crippen LogP contribution in [0.4, 0.5) is 5.82 Å². The number of nitrogens with two attached hydrogens (primary N) is 1. The van der Waals surface area contributed by atoms with Gasteiger partial charge in [0.2, 0.25) is 0 Å². The molecule has 0 aliphatic carbocycles. The van der Waals surface area contributed by atoms with Crippen LogP contribution >= 0.6 is 0 Å². The molecule has 102 valence electrons. The van der Waals surface area contributed by atoms with E-state index in [9.17, 15) is 0 Å². The molecule has 5 heteroatoms. The zero-order valence-electron chi connectivity index (χ0n) is 11.7. The fourth-order valence-electron chi connectivity index (χ4n) is 2.02. The number of nitrogens with zero attached hydrogens (tertiary/aromatic N) is 2. The summed E-state index contributed by atoms with van der Waals surface area (Å²) in [6, 6.07) is 5.85. The van der Waals surface area contributed by atoms with E-state index in [1.165, 1.54) is 0 Å². The van der Waals surface area contributed by atoms with Gasteiger partial charge in [-0.15, -0.1) is 0 Å². The Hall–Kier alpha value is -2.17. The van der Waals surface area contributed by atoms with Crippen LogP contribution in [0.25, 0.3) is 0 Å². The molecule has 2 aromatic rings. The smallest absolute Gasteiger partial charge is 0.161 e. The summed E-state index contributed by atoms with van der Waals surface area (Å²) in [6.07, 6.45) is 1.77. The van der Waals surface area contributed by atoms with Gasteiger partial charge in [-0.1, -0.05) is 6.07 Å². The first-order valence-electron chi connectivity index (χ1n) is 6.10. The summed E-state index contributed by atoms with van der Waals surface area (Å²) >= 11 is 0. The van der Waals surface area contributed by atoms with Gasteiger partial charge >= 0.3 is 0 Å². The molecule has 0 bridgehead atoms. The molecule has 0 amide bonds. The normalized spacial score (nSPS) is 12.2. The summed E-state index contributed by atoms with van der Waals surface area (Å²) in [6.45, 7) is 3.99. The highest BCUT2D eigenvalue weighted by atomic mass is 16.5. The lowest BCUT2D eigenvalue weighted by atomic mass is 10.1. The molecule has 1 aromatic carbocycles. The Morgan fingerprint density at radius 3 is 2.42 bits per heavy atom. The highest BCUT2D eigenvalue weighted by molar-refractivity contribution is 5.45. The number of aromatic nitrogens is 2. The minimum Gasteiger partial charge on any atom is -0.493 e. The van der Waals surface area contributed by atoms with E-state index in [0.29, 0.717) is 17.3 Å². The summed E-state index contributed by atoms with van der Waals surface area (Å²) < 4.78 is 12.3. The van der Waals surface area contributed by atoms with Crippen LogP contribution in [0.15, 0.2) is 24.4 Å². The fourth-order valence-corrected chi connectivity index (χ4v) is 2.02. The van der Waals surface area contributed by atoms with Gasteiger partial charge < -0.3 is 15.2 Å². The molecule has 2 rings (SSSR count). The van der Waals surface area contributed by atoms with E-state index in [-0.39, 0.29) is 6.04 Å². The summed E-state index contributed by atoms with van der Waals surface area (Å²) in [5, 5.41) is 4.31. The topological polar surface area (TPSA) is 62.3 Å². The Morgan fingerprint density at radius 2 is 1.89 bits per heavy atom. The lowest BCUT2D eigenvalue weighted by Gasteiger charge is -2.16. The van der Waals surface area contributed by atoms with E-state index >= 15 is 0 Å². The lowest BCUT2D eigenvalue weighted by Crippen LogP contribution is -2.12. The maximum Gasteiger partial charge on any atom is 0.161 e. The van der Waals surface area contributed by atoms with E-state index in [1.807, 2.05) is 32.0 Å². The summed E-state index contributed by atoms with van der Waals surface area (Å²) in [5.41, 5.74) is 8.05. The van der Waals surface area contributed by atoms with Gasteiger partial charge in [0.25, 0.3) is 0 Å². The molecule has 1 unspecified atom stereocenters. The van der Waals surface area contributed by atoms with Crippen molar-refractivity contribution in [3.63, 3.8) is 0 Å². The quantitative estimate of drug-likeness (QED) is 0.918. The molecule has 5 nitrogen and oxygen atoms in total. The Balaban J connectivity index is 2.39. The SMILES string of the molecule is COc1ccc(C(C)n2ncc(C)c2N)cc1OC. The zero-order valence-corrected chi connectivity index (χ0v) is 11.7. The molecule has 0 aliphatic heterocycles. The second kappa shape index (κ2) is 5.22. The number of rotatable bonds is 4. The molecule has 0 aliphatic rings. The molecule has 0 radical (unpaired) electrons. The first-order valence-corrected chi connectivity index (χ1v) is 6.10. The number of aryl methyl sites for hydroxylation is 1. The first kappa shape index (κ1) is 13.3. The van der Waals surface area contributed by atoms with Gasteiger partial charge in [0.1, 0.15) is 5.82 Å². The van der Waals surface area contributed by atoms with Gasteiger partial charge in [0.15, 0.2) is 11.5 Å². The van der Waals surface area contributed by atoms with Crippen molar-refractivity contribution >= 4 is 5.82 Å². The molecule has 1 heterocycles. The predicted molar refractivity (Wildman–Crippen MR) is 74.7 cm³/mol. The minimum atomic E-state index is 0.0357. The number of hydrogen-bond acceptors (Lipinski definition) is 4. The van der Waals surface area contributed by atoms with Crippen LogP contribution < -0.4 is 15.2 Å². The average Bonchev–Trinajstić information content (AvgIpc) is 2.77. The summed E-state index contributed by atoms with van der Waals surface area (Å²) in [5.74, 6) is 2.10. The van der Waals surface area contributed by atoms with Crippen LogP contribution in [0.5, 0.6) is 11.5 Å². The van der Waals surface area contributed by atoms with Crippen LogP contribution in [0, 0.1) is 6.92 Å². The number of ether oxygens (including phenoxy) is 2. The molecule has 1 atom stereocenters. The van der Waals surface area contributed by atoms with E-state index < -0.39 is 0 Å². The third kappa shape index (κ3) is 2.36. The van der Waals surface area contributed by atoms with E-state index in [2.05, 4.69) is 5.10 Å². The van der Waals surface area contributed by atoms with Crippen molar-refractivity contribution in [1.29, 1.82) is 0 Å². The van der Waals surface area contributed by atoms with Gasteiger partial charge in [-0.05, 0) is 31.5 Å². The third-order valence-corrected chi connectivity index (χ3v) is 3.28. The maximum atomic E-state index is 6.01. The molecule has 0 fully saturated rings. The number of benzene rings is 1. The molecule has 0 spiro atoms. The molecule has 2 N–H and O–H groups in total. The molecule has 1 aromatic heterocycles. The van der Waals surface area contributed by atoms with Crippen LogP contribution in [0.1, 0.15) is 24.1 Å². The predicted octanol–water partition coefficient (Wildman–Crippen LogP) is 2.40. The van der Waals surface area contributed by atoms with Gasteiger partial charge in [-0.3, -0.25) is 0 Å². The standard InChI is InChI=1S/C14H19N3O2/c1-9-8-16-17(14(9)15)10(2)11-5-6-12(18-3)13(7-11)19-4/h5-8,10H,15H2,1-4H3.